The number of amidine groups is 1. The molecule has 0 unspecified atom stereocenters. The number of aldehydes is 1. The van der Waals surface area contributed by atoms with Crippen LogP contribution in [0.5, 0.6) is 0 Å². The van der Waals surface area contributed by atoms with E-state index in [0.29, 0.717) is 23.5 Å². The second-order valence-electron chi connectivity index (χ2n) is 4.88. The van der Waals surface area contributed by atoms with Crippen molar-refractivity contribution in [3.63, 3.8) is 0 Å². The third kappa shape index (κ3) is 3.21. The molecule has 1 aliphatic heterocycles. The number of aromatic nitrogens is 1. The molecule has 0 bridgehead atoms. The van der Waals surface area contributed by atoms with Gasteiger partial charge in [-0.15, -0.1) is 0 Å². The number of carbonyl (C=O) groups excluding carboxylic acids is 2. The summed E-state index contributed by atoms with van der Waals surface area (Å²) < 4.78 is 0. The summed E-state index contributed by atoms with van der Waals surface area (Å²) in [5.74, 6) is 0.266. The lowest BCUT2D eigenvalue weighted by Crippen LogP contribution is -2.32. The summed E-state index contributed by atoms with van der Waals surface area (Å²) in [5, 5.41) is 0. The number of hydrogen-bond donors (Lipinski definition) is 0. The van der Waals surface area contributed by atoms with Crippen LogP contribution in [0, 0.1) is 0 Å². The summed E-state index contributed by atoms with van der Waals surface area (Å²) in [4.78, 5) is 34.8. The molecule has 0 saturated heterocycles. The topological polar surface area (TPSA) is 65.9 Å². The molecule has 0 aliphatic carbocycles. The molecule has 0 atom stereocenters. The monoisotopic (exact) mass is 300 g/mol. The van der Waals surface area contributed by atoms with E-state index >= 15 is 0 Å². The molecular formula is C16H20N4O2. The van der Waals surface area contributed by atoms with Gasteiger partial charge in [0.15, 0.2) is 0 Å². The van der Waals surface area contributed by atoms with Crippen LogP contribution in [-0.2, 0) is 9.59 Å². The van der Waals surface area contributed by atoms with Gasteiger partial charge in [-0.3, -0.25) is 14.7 Å². The van der Waals surface area contributed by atoms with E-state index in [1.165, 1.54) is 4.90 Å². The number of anilines is 1. The first kappa shape index (κ1) is 15.9. The number of hydrogen-bond acceptors (Lipinski definition) is 5. The molecule has 0 N–H and O–H groups in total. The fraction of sp³-hybridized carbons (Fsp3) is 0.375. The Morgan fingerprint density at radius 3 is 2.55 bits per heavy atom. The fourth-order valence-electron chi connectivity index (χ4n) is 2.35. The van der Waals surface area contributed by atoms with E-state index in [1.54, 1.807) is 19.2 Å². The van der Waals surface area contributed by atoms with Crippen molar-refractivity contribution >= 4 is 29.8 Å². The van der Waals surface area contributed by atoms with Gasteiger partial charge in [-0.25, -0.2) is 4.99 Å². The second-order valence-corrected chi connectivity index (χ2v) is 4.88. The van der Waals surface area contributed by atoms with Gasteiger partial charge in [-0.05, 0) is 39.0 Å². The Bertz CT molecular complexity index is 616. The van der Waals surface area contributed by atoms with Crippen molar-refractivity contribution in [3.05, 3.63) is 29.7 Å². The largest absolute Gasteiger partial charge is 0.371 e. The van der Waals surface area contributed by atoms with E-state index in [4.69, 9.17) is 0 Å². The first-order valence-electron chi connectivity index (χ1n) is 7.34. The van der Waals surface area contributed by atoms with E-state index in [9.17, 15) is 9.59 Å². The number of carbonyl (C=O) groups is 2. The molecule has 0 aromatic carbocycles. The maximum atomic E-state index is 12.1. The van der Waals surface area contributed by atoms with Gasteiger partial charge in [0.05, 0.1) is 24.1 Å². The average molecular weight is 300 g/mol. The SMILES string of the molecule is CCN(CC)c1ccc(/C=C2\N=C(C)N(CC=O)C2=O)nc1. The number of amides is 1. The zero-order valence-electron chi connectivity index (χ0n) is 13.1. The Balaban J connectivity index is 2.20. The van der Waals surface area contributed by atoms with Crippen molar-refractivity contribution < 1.29 is 9.59 Å². The van der Waals surface area contributed by atoms with Crippen LogP contribution in [-0.4, -0.2) is 47.5 Å². The van der Waals surface area contributed by atoms with E-state index in [1.807, 2.05) is 12.1 Å². The fourth-order valence-corrected chi connectivity index (χ4v) is 2.35. The van der Waals surface area contributed by atoms with Gasteiger partial charge in [0.2, 0.25) is 0 Å². The Kier molecular flexibility index (Phi) is 5.04. The molecule has 1 amide bonds. The highest BCUT2D eigenvalue weighted by molar-refractivity contribution is 6.14. The van der Waals surface area contributed by atoms with Gasteiger partial charge in [0.1, 0.15) is 17.8 Å². The lowest BCUT2D eigenvalue weighted by molar-refractivity contribution is -0.124. The molecule has 1 aliphatic rings. The molecule has 116 valence electrons. The Hall–Kier alpha value is -2.50. The smallest absolute Gasteiger partial charge is 0.278 e. The van der Waals surface area contributed by atoms with Crippen LogP contribution in [0.4, 0.5) is 5.69 Å². The van der Waals surface area contributed by atoms with Crippen molar-refractivity contribution in [2.24, 2.45) is 4.99 Å². The normalized spacial score (nSPS) is 16.1. The lowest BCUT2D eigenvalue weighted by atomic mass is 10.2. The summed E-state index contributed by atoms with van der Waals surface area (Å²) in [6.45, 7) is 7.76. The highest BCUT2D eigenvalue weighted by Gasteiger charge is 2.26. The molecule has 1 aromatic heterocycles. The predicted octanol–water partition coefficient (Wildman–Crippen LogP) is 1.73. The minimum absolute atomic E-state index is 0.0276. The number of pyridine rings is 1. The van der Waals surface area contributed by atoms with Crippen molar-refractivity contribution in [1.29, 1.82) is 0 Å². The van der Waals surface area contributed by atoms with Crippen LogP contribution in [0.3, 0.4) is 0 Å². The summed E-state index contributed by atoms with van der Waals surface area (Å²) in [5.41, 5.74) is 2.03. The van der Waals surface area contributed by atoms with Crippen LogP contribution >= 0.6 is 0 Å². The molecule has 6 nitrogen and oxygen atoms in total. The Morgan fingerprint density at radius 1 is 1.27 bits per heavy atom. The van der Waals surface area contributed by atoms with Crippen molar-refractivity contribution in [3.8, 4) is 0 Å². The minimum Gasteiger partial charge on any atom is -0.371 e. The van der Waals surface area contributed by atoms with Gasteiger partial charge >= 0.3 is 0 Å². The maximum absolute atomic E-state index is 12.1. The van der Waals surface area contributed by atoms with Crippen molar-refractivity contribution in [1.82, 2.24) is 9.88 Å². The molecule has 2 rings (SSSR count). The Morgan fingerprint density at radius 2 is 2.00 bits per heavy atom. The van der Waals surface area contributed by atoms with Gasteiger partial charge in [0.25, 0.3) is 5.91 Å². The number of aliphatic imine (C=N–C) groups is 1. The van der Waals surface area contributed by atoms with Crippen LogP contribution in [0.2, 0.25) is 0 Å². The average Bonchev–Trinajstić information content (AvgIpc) is 2.78. The molecule has 0 fully saturated rings. The molecule has 0 spiro atoms. The third-order valence-electron chi connectivity index (χ3n) is 3.58. The van der Waals surface area contributed by atoms with Crippen molar-refractivity contribution in [2.45, 2.75) is 20.8 Å². The Labute approximate surface area is 130 Å². The van der Waals surface area contributed by atoms with Gasteiger partial charge in [-0.2, -0.15) is 0 Å². The zero-order valence-corrected chi connectivity index (χ0v) is 13.1. The van der Waals surface area contributed by atoms with E-state index < -0.39 is 0 Å². The number of rotatable bonds is 6. The standard InChI is InChI=1S/C16H20N4O2/c1-4-19(5-2)14-7-6-13(17-11-14)10-15-16(22)20(8-9-21)12(3)18-15/h6-7,9-11H,4-5,8H2,1-3H3/b15-10-. The first-order valence-corrected chi connectivity index (χ1v) is 7.34. The van der Waals surface area contributed by atoms with Gasteiger partial charge in [-0.1, -0.05) is 0 Å². The van der Waals surface area contributed by atoms with Gasteiger partial charge in [0, 0.05) is 13.1 Å². The lowest BCUT2D eigenvalue weighted by Gasteiger charge is -2.20. The van der Waals surface area contributed by atoms with Crippen molar-refractivity contribution in [2.75, 3.05) is 24.5 Å². The molecular weight excluding hydrogens is 280 g/mol. The van der Waals surface area contributed by atoms with E-state index in [2.05, 4.69) is 28.7 Å². The van der Waals surface area contributed by atoms with Crippen LogP contribution < -0.4 is 4.90 Å². The molecule has 6 heteroatoms. The summed E-state index contributed by atoms with van der Waals surface area (Å²) >= 11 is 0. The molecule has 0 radical (unpaired) electrons. The van der Waals surface area contributed by atoms with E-state index in [0.717, 1.165) is 18.8 Å². The van der Waals surface area contributed by atoms with Gasteiger partial charge < -0.3 is 9.69 Å². The predicted molar refractivity (Wildman–Crippen MR) is 86.7 cm³/mol. The summed E-state index contributed by atoms with van der Waals surface area (Å²) in [6, 6.07) is 3.84. The molecule has 0 saturated carbocycles. The highest BCUT2D eigenvalue weighted by atomic mass is 16.2. The maximum Gasteiger partial charge on any atom is 0.278 e. The van der Waals surface area contributed by atoms with E-state index in [-0.39, 0.29) is 12.5 Å². The molecule has 1 aromatic rings. The molecule has 2 heterocycles. The first-order chi connectivity index (χ1) is 10.6. The quantitative estimate of drug-likeness (QED) is 0.593. The van der Waals surface area contributed by atoms with Crippen LogP contribution in [0.25, 0.3) is 6.08 Å². The highest BCUT2D eigenvalue weighted by Crippen LogP contribution is 2.18. The molecule has 22 heavy (non-hydrogen) atoms. The zero-order chi connectivity index (χ0) is 16.1. The second kappa shape index (κ2) is 6.98. The van der Waals surface area contributed by atoms with Crippen LogP contribution in [0.15, 0.2) is 29.0 Å². The minimum atomic E-state index is -0.265. The van der Waals surface area contributed by atoms with Crippen LogP contribution in [0.1, 0.15) is 26.5 Å². The third-order valence-corrected chi connectivity index (χ3v) is 3.58. The number of nitrogens with zero attached hydrogens (tertiary/aromatic N) is 4. The summed E-state index contributed by atoms with van der Waals surface area (Å²) in [6.07, 6.45) is 4.12. The summed E-state index contributed by atoms with van der Waals surface area (Å²) in [7, 11) is 0.